The van der Waals surface area contributed by atoms with E-state index in [2.05, 4.69) is 0 Å². The summed E-state index contributed by atoms with van der Waals surface area (Å²) in [5, 5.41) is 1.92. The van der Waals surface area contributed by atoms with Gasteiger partial charge in [-0.2, -0.15) is 4.31 Å². The largest absolute Gasteiger partial charge is 0.335 e. The lowest BCUT2D eigenvalue weighted by Crippen LogP contribution is -2.52. The molecule has 0 unspecified atom stereocenters. The Kier molecular flexibility index (Phi) is 6.70. The number of rotatable bonds is 8. The summed E-state index contributed by atoms with van der Waals surface area (Å²) in [6, 6.07) is 12.2. The summed E-state index contributed by atoms with van der Waals surface area (Å²) in [5.74, 6) is -1.71. The van der Waals surface area contributed by atoms with Crippen molar-refractivity contribution < 1.29 is 22.8 Å². The molecule has 9 nitrogen and oxygen atoms in total. The zero-order valence-corrected chi connectivity index (χ0v) is 19.1. The van der Waals surface area contributed by atoms with Gasteiger partial charge in [0.15, 0.2) is 0 Å². The summed E-state index contributed by atoms with van der Waals surface area (Å²) in [4.78, 5) is 42.1. The molecule has 170 valence electrons. The highest BCUT2D eigenvalue weighted by molar-refractivity contribution is 7.88. The van der Waals surface area contributed by atoms with E-state index in [0.29, 0.717) is 19.5 Å². The van der Waals surface area contributed by atoms with Gasteiger partial charge in [-0.15, -0.1) is 11.3 Å². The van der Waals surface area contributed by atoms with E-state index in [1.54, 1.807) is 24.3 Å². The molecule has 4 rings (SSSR count). The quantitative estimate of drug-likeness (QED) is 0.419. The van der Waals surface area contributed by atoms with Gasteiger partial charge >= 0.3 is 17.8 Å². The molecular formula is C21H24N4O5S2. The minimum Gasteiger partial charge on any atom is -0.283 e. The number of piperazine rings is 1. The van der Waals surface area contributed by atoms with Crippen LogP contribution in [0.2, 0.25) is 0 Å². The zero-order valence-electron chi connectivity index (χ0n) is 17.4. The van der Waals surface area contributed by atoms with Gasteiger partial charge in [0.1, 0.15) is 0 Å². The van der Waals surface area contributed by atoms with Crippen molar-refractivity contribution in [2.24, 2.45) is 0 Å². The summed E-state index contributed by atoms with van der Waals surface area (Å²) >= 11 is 1.53. The molecular weight excluding hydrogens is 452 g/mol. The number of sulfonamides is 1. The Morgan fingerprint density at radius 1 is 0.844 bits per heavy atom. The molecule has 4 amide bonds. The first kappa shape index (κ1) is 22.6. The molecule has 0 radical (unpaired) electrons. The lowest BCUT2D eigenvalue weighted by atomic mass is 10.2. The number of imide groups is 2. The van der Waals surface area contributed by atoms with Crippen LogP contribution in [0.5, 0.6) is 0 Å². The second-order valence-corrected chi connectivity index (χ2v) is 10.7. The number of hydrogen-bond donors (Lipinski definition) is 0. The van der Waals surface area contributed by atoms with Crippen LogP contribution in [0.15, 0.2) is 47.8 Å². The third-order valence-electron chi connectivity index (χ3n) is 5.55. The van der Waals surface area contributed by atoms with E-state index in [9.17, 15) is 22.8 Å². The lowest BCUT2D eigenvalue weighted by Gasteiger charge is -2.35. The molecule has 0 N–H and O–H groups in total. The Balaban J connectivity index is 1.31. The van der Waals surface area contributed by atoms with Crippen LogP contribution < -0.4 is 0 Å². The number of benzene rings is 1. The molecule has 2 saturated heterocycles. The highest BCUT2D eigenvalue weighted by atomic mass is 32.2. The number of urea groups is 1. The topological polar surface area (TPSA) is 98.3 Å². The molecule has 1 aromatic carbocycles. The second kappa shape index (κ2) is 9.49. The van der Waals surface area contributed by atoms with E-state index in [1.807, 2.05) is 28.5 Å². The van der Waals surface area contributed by atoms with Gasteiger partial charge in [-0.25, -0.2) is 18.1 Å². The van der Waals surface area contributed by atoms with Crippen molar-refractivity contribution in [3.63, 3.8) is 0 Å². The van der Waals surface area contributed by atoms with Crippen LogP contribution in [0.3, 0.4) is 0 Å². The van der Waals surface area contributed by atoms with Crippen molar-refractivity contribution in [1.29, 1.82) is 0 Å². The summed E-state index contributed by atoms with van der Waals surface area (Å²) < 4.78 is 26.8. The minimum atomic E-state index is -3.46. The maximum atomic E-state index is 12.7. The van der Waals surface area contributed by atoms with Gasteiger partial charge in [0.05, 0.1) is 12.4 Å². The van der Waals surface area contributed by atoms with Crippen LogP contribution in [0.4, 0.5) is 4.79 Å². The van der Waals surface area contributed by atoms with Crippen molar-refractivity contribution in [3.05, 3.63) is 58.3 Å². The smallest absolute Gasteiger partial charge is 0.283 e. The Hall–Kier alpha value is -2.60. The maximum Gasteiger partial charge on any atom is 0.335 e. The van der Waals surface area contributed by atoms with Crippen LogP contribution in [0, 0.1) is 0 Å². The van der Waals surface area contributed by atoms with Crippen molar-refractivity contribution in [2.75, 3.05) is 39.4 Å². The predicted octanol–water partition coefficient (Wildman–Crippen LogP) is 1.19. The first-order chi connectivity index (χ1) is 15.3. The molecule has 2 aromatic rings. The molecule has 32 heavy (non-hydrogen) atoms. The molecule has 0 atom stereocenters. The highest BCUT2D eigenvalue weighted by Gasteiger charge is 2.45. The SMILES string of the molecule is O=C1C(=O)N(CN2CCN(S(=O)(=O)Cc3ccccc3)CC2)C(=O)N1CCc1cccs1. The fraction of sp³-hybridized carbons (Fsp3) is 0.381. The molecule has 0 aliphatic carbocycles. The fourth-order valence-electron chi connectivity index (χ4n) is 3.77. The third-order valence-corrected chi connectivity index (χ3v) is 8.34. The monoisotopic (exact) mass is 476 g/mol. The first-order valence-electron chi connectivity index (χ1n) is 10.3. The van der Waals surface area contributed by atoms with Crippen molar-refractivity contribution in [1.82, 2.24) is 19.0 Å². The van der Waals surface area contributed by atoms with Gasteiger partial charge in [0.2, 0.25) is 10.0 Å². The van der Waals surface area contributed by atoms with E-state index in [-0.39, 0.29) is 32.1 Å². The molecule has 0 saturated carbocycles. The van der Waals surface area contributed by atoms with Gasteiger partial charge < -0.3 is 0 Å². The van der Waals surface area contributed by atoms with Crippen LogP contribution in [-0.4, -0.2) is 84.7 Å². The molecule has 1 aromatic heterocycles. The van der Waals surface area contributed by atoms with Crippen LogP contribution in [-0.2, 0) is 31.8 Å². The third kappa shape index (κ3) is 4.90. The molecule has 2 fully saturated rings. The van der Waals surface area contributed by atoms with E-state index in [0.717, 1.165) is 20.2 Å². The molecule has 0 spiro atoms. The fourth-order valence-corrected chi connectivity index (χ4v) is 5.99. The van der Waals surface area contributed by atoms with E-state index in [1.165, 1.54) is 15.6 Å². The van der Waals surface area contributed by atoms with E-state index < -0.39 is 27.9 Å². The van der Waals surface area contributed by atoms with Crippen LogP contribution in [0.1, 0.15) is 10.4 Å². The number of thiophene rings is 1. The minimum absolute atomic E-state index is 0.0223. The lowest BCUT2D eigenvalue weighted by molar-refractivity contribution is -0.144. The van der Waals surface area contributed by atoms with Crippen molar-refractivity contribution >= 4 is 39.2 Å². The number of carbonyl (C=O) groups is 3. The van der Waals surface area contributed by atoms with E-state index >= 15 is 0 Å². The molecule has 2 aliphatic rings. The molecule has 3 heterocycles. The molecule has 2 aliphatic heterocycles. The molecule has 11 heteroatoms. The van der Waals surface area contributed by atoms with Crippen molar-refractivity contribution in [2.45, 2.75) is 12.2 Å². The Morgan fingerprint density at radius 3 is 2.19 bits per heavy atom. The predicted molar refractivity (Wildman–Crippen MR) is 119 cm³/mol. The summed E-state index contributed by atoms with van der Waals surface area (Å²) in [6.45, 7) is 1.41. The summed E-state index contributed by atoms with van der Waals surface area (Å²) in [6.07, 6.45) is 0.508. The zero-order chi connectivity index (χ0) is 22.7. The highest BCUT2D eigenvalue weighted by Crippen LogP contribution is 2.18. The Bertz CT molecular complexity index is 1080. The summed E-state index contributed by atoms with van der Waals surface area (Å²) in [7, 11) is -3.46. The van der Waals surface area contributed by atoms with Crippen LogP contribution >= 0.6 is 11.3 Å². The number of hydrogen-bond acceptors (Lipinski definition) is 7. The standard InChI is InChI=1S/C21H24N4O5S2/c26-19-20(27)25(21(28)24(19)9-8-18-7-4-14-31-18)16-22-10-12-23(13-11-22)32(29,30)15-17-5-2-1-3-6-17/h1-7,14H,8-13,15-16H2. The normalized spacial score (nSPS) is 18.7. The maximum absolute atomic E-state index is 12.7. The average molecular weight is 477 g/mol. The number of nitrogens with zero attached hydrogens (tertiary/aromatic N) is 4. The second-order valence-electron chi connectivity index (χ2n) is 7.70. The van der Waals surface area contributed by atoms with Gasteiger partial charge in [-0.3, -0.25) is 19.4 Å². The van der Waals surface area contributed by atoms with Crippen LogP contribution in [0.25, 0.3) is 0 Å². The van der Waals surface area contributed by atoms with Crippen molar-refractivity contribution in [3.8, 4) is 0 Å². The number of carbonyl (C=O) groups excluding carboxylic acids is 3. The Morgan fingerprint density at radius 2 is 1.53 bits per heavy atom. The number of amides is 4. The summed E-state index contributed by atoms with van der Waals surface area (Å²) in [5.41, 5.74) is 0.726. The van der Waals surface area contributed by atoms with E-state index in [4.69, 9.17) is 0 Å². The van der Waals surface area contributed by atoms with Gasteiger partial charge in [0, 0.05) is 44.0 Å². The Labute approximate surface area is 190 Å². The van der Waals surface area contributed by atoms with Gasteiger partial charge in [-0.1, -0.05) is 36.4 Å². The average Bonchev–Trinajstić information content (AvgIpc) is 3.37. The molecule has 0 bridgehead atoms. The van der Waals surface area contributed by atoms with Gasteiger partial charge in [0.25, 0.3) is 0 Å². The first-order valence-corrected chi connectivity index (χ1v) is 12.8. The van der Waals surface area contributed by atoms with Gasteiger partial charge in [-0.05, 0) is 17.0 Å².